The molecule has 1 aromatic carbocycles. The van der Waals surface area contributed by atoms with Gasteiger partial charge in [0.2, 0.25) is 5.91 Å². The van der Waals surface area contributed by atoms with Crippen molar-refractivity contribution >= 4 is 22.5 Å². The zero-order valence-electron chi connectivity index (χ0n) is 9.83. The molecule has 4 nitrogen and oxygen atoms in total. The number of nitrogens with one attached hydrogen (secondary N) is 1. The first kappa shape index (κ1) is 11.6. The predicted molar refractivity (Wildman–Crippen MR) is 64.2 cm³/mol. The van der Waals surface area contributed by atoms with Gasteiger partial charge in [-0.1, -0.05) is 6.92 Å². The summed E-state index contributed by atoms with van der Waals surface area (Å²) in [4.78, 5) is 11.4. The van der Waals surface area contributed by atoms with Gasteiger partial charge < -0.3 is 5.32 Å². The summed E-state index contributed by atoms with van der Waals surface area (Å²) in [6.07, 6.45) is 2.91. The van der Waals surface area contributed by atoms with Crippen molar-refractivity contribution < 1.29 is 9.18 Å². The smallest absolute Gasteiger partial charge is 0.224 e. The lowest BCUT2D eigenvalue weighted by Crippen LogP contribution is -2.11. The molecule has 0 spiro atoms. The lowest BCUT2D eigenvalue weighted by atomic mass is 10.2. The maximum Gasteiger partial charge on any atom is 0.224 e. The number of fused-ring (bicyclic) bond motifs is 1. The molecular formula is C12H14FN3O. The maximum atomic E-state index is 13.7. The molecule has 0 saturated heterocycles. The van der Waals surface area contributed by atoms with Gasteiger partial charge in [-0.2, -0.15) is 5.10 Å². The Hall–Kier alpha value is -1.91. The van der Waals surface area contributed by atoms with E-state index in [-0.39, 0.29) is 11.6 Å². The number of amides is 1. The van der Waals surface area contributed by atoms with Crippen molar-refractivity contribution in [2.75, 3.05) is 5.32 Å². The molecule has 1 amide bonds. The van der Waals surface area contributed by atoms with Crippen LogP contribution in [0.15, 0.2) is 18.3 Å². The molecule has 0 aliphatic rings. The molecule has 1 heterocycles. The second kappa shape index (κ2) is 4.53. The molecule has 1 aromatic heterocycles. The van der Waals surface area contributed by atoms with E-state index in [0.717, 1.165) is 11.8 Å². The van der Waals surface area contributed by atoms with Crippen LogP contribution in [-0.2, 0) is 11.8 Å². The molecule has 2 rings (SSSR count). The fraction of sp³-hybridized carbons (Fsp3) is 0.333. The Morgan fingerprint density at radius 3 is 3.00 bits per heavy atom. The van der Waals surface area contributed by atoms with Gasteiger partial charge in [0.15, 0.2) is 0 Å². The Morgan fingerprint density at radius 2 is 2.29 bits per heavy atom. The van der Waals surface area contributed by atoms with Crippen LogP contribution in [0, 0.1) is 5.82 Å². The first-order chi connectivity index (χ1) is 8.10. The van der Waals surface area contributed by atoms with Crippen molar-refractivity contribution in [2.24, 2.45) is 7.05 Å². The predicted octanol–water partition coefficient (Wildman–Crippen LogP) is 2.45. The molecular weight excluding hydrogens is 221 g/mol. The van der Waals surface area contributed by atoms with Gasteiger partial charge >= 0.3 is 0 Å². The number of anilines is 1. The number of carbonyl (C=O) groups excluding carboxylic acids is 1. The topological polar surface area (TPSA) is 46.9 Å². The van der Waals surface area contributed by atoms with Gasteiger partial charge in [0, 0.05) is 31.1 Å². The molecule has 17 heavy (non-hydrogen) atoms. The van der Waals surface area contributed by atoms with Gasteiger partial charge in [0.05, 0.1) is 11.2 Å². The molecule has 0 atom stereocenters. The summed E-state index contributed by atoms with van der Waals surface area (Å²) in [7, 11) is 1.77. The minimum atomic E-state index is -0.458. The summed E-state index contributed by atoms with van der Waals surface area (Å²) in [6, 6.07) is 2.93. The zero-order valence-corrected chi connectivity index (χ0v) is 9.83. The minimum Gasteiger partial charge on any atom is -0.324 e. The Bertz CT molecular complexity index is 562. The Labute approximate surface area is 98.4 Å². The van der Waals surface area contributed by atoms with Gasteiger partial charge in [0.1, 0.15) is 5.82 Å². The quantitative estimate of drug-likeness (QED) is 0.888. The average molecular weight is 235 g/mol. The Kier molecular flexibility index (Phi) is 3.08. The summed E-state index contributed by atoms with van der Waals surface area (Å²) in [5.41, 5.74) is 0.794. The van der Waals surface area contributed by atoms with Crippen molar-refractivity contribution in [1.29, 1.82) is 0 Å². The van der Waals surface area contributed by atoms with Crippen LogP contribution in [0.2, 0.25) is 0 Å². The van der Waals surface area contributed by atoms with Crippen LogP contribution in [-0.4, -0.2) is 15.7 Å². The molecule has 0 aliphatic carbocycles. The third-order valence-electron chi connectivity index (χ3n) is 2.46. The molecule has 0 fully saturated rings. The van der Waals surface area contributed by atoms with Gasteiger partial charge in [-0.15, -0.1) is 0 Å². The highest BCUT2D eigenvalue weighted by Gasteiger charge is 2.09. The molecule has 5 heteroatoms. The fourth-order valence-electron chi connectivity index (χ4n) is 1.71. The van der Waals surface area contributed by atoms with E-state index in [4.69, 9.17) is 0 Å². The van der Waals surface area contributed by atoms with Crippen LogP contribution < -0.4 is 5.32 Å². The van der Waals surface area contributed by atoms with Gasteiger partial charge in [-0.25, -0.2) is 4.39 Å². The lowest BCUT2D eigenvalue weighted by Gasteiger charge is -2.05. The first-order valence-electron chi connectivity index (χ1n) is 5.53. The van der Waals surface area contributed by atoms with Crippen molar-refractivity contribution in [3.63, 3.8) is 0 Å². The molecule has 0 unspecified atom stereocenters. The van der Waals surface area contributed by atoms with Crippen LogP contribution in [0.5, 0.6) is 0 Å². The molecule has 2 aromatic rings. The van der Waals surface area contributed by atoms with Crippen molar-refractivity contribution in [2.45, 2.75) is 19.8 Å². The second-order valence-electron chi connectivity index (χ2n) is 3.99. The van der Waals surface area contributed by atoms with Crippen LogP contribution in [0.4, 0.5) is 10.1 Å². The van der Waals surface area contributed by atoms with E-state index >= 15 is 0 Å². The fourth-order valence-corrected chi connectivity index (χ4v) is 1.71. The Balaban J connectivity index is 2.33. The van der Waals surface area contributed by atoms with Gasteiger partial charge in [-0.3, -0.25) is 9.48 Å². The van der Waals surface area contributed by atoms with E-state index in [9.17, 15) is 9.18 Å². The van der Waals surface area contributed by atoms with E-state index in [1.54, 1.807) is 24.0 Å². The molecule has 0 aliphatic heterocycles. The van der Waals surface area contributed by atoms with Crippen LogP contribution in [0.25, 0.3) is 10.9 Å². The molecule has 0 saturated carbocycles. The van der Waals surface area contributed by atoms with Crippen LogP contribution in [0.3, 0.4) is 0 Å². The van der Waals surface area contributed by atoms with Crippen LogP contribution in [0.1, 0.15) is 19.8 Å². The SMILES string of the molecule is CCCC(=O)Nc1cc2cn(C)nc2cc1F. The molecule has 90 valence electrons. The highest BCUT2D eigenvalue weighted by Crippen LogP contribution is 2.22. The normalized spacial score (nSPS) is 10.8. The largest absolute Gasteiger partial charge is 0.324 e. The number of halogens is 1. The monoisotopic (exact) mass is 235 g/mol. The highest BCUT2D eigenvalue weighted by atomic mass is 19.1. The van der Waals surface area contributed by atoms with Crippen molar-refractivity contribution in [3.8, 4) is 0 Å². The number of hydrogen-bond donors (Lipinski definition) is 1. The summed E-state index contributed by atoms with van der Waals surface area (Å²) < 4.78 is 15.3. The summed E-state index contributed by atoms with van der Waals surface area (Å²) >= 11 is 0. The number of benzene rings is 1. The maximum absolute atomic E-state index is 13.7. The third-order valence-corrected chi connectivity index (χ3v) is 2.46. The zero-order chi connectivity index (χ0) is 12.4. The lowest BCUT2D eigenvalue weighted by molar-refractivity contribution is -0.116. The molecule has 0 radical (unpaired) electrons. The Morgan fingerprint density at radius 1 is 1.53 bits per heavy atom. The van der Waals surface area contributed by atoms with Gasteiger partial charge in [0.25, 0.3) is 0 Å². The number of hydrogen-bond acceptors (Lipinski definition) is 2. The van der Waals surface area contributed by atoms with E-state index < -0.39 is 5.82 Å². The highest BCUT2D eigenvalue weighted by molar-refractivity contribution is 5.93. The summed E-state index contributed by atoms with van der Waals surface area (Å²) in [5.74, 6) is -0.629. The number of nitrogens with zero attached hydrogens (tertiary/aromatic N) is 2. The van der Waals surface area contributed by atoms with Crippen LogP contribution >= 0.6 is 0 Å². The van der Waals surface area contributed by atoms with E-state index in [1.807, 2.05) is 6.92 Å². The minimum absolute atomic E-state index is 0.172. The second-order valence-corrected chi connectivity index (χ2v) is 3.99. The van der Waals surface area contributed by atoms with Crippen molar-refractivity contribution in [1.82, 2.24) is 9.78 Å². The van der Waals surface area contributed by atoms with E-state index in [2.05, 4.69) is 10.4 Å². The number of aryl methyl sites for hydroxylation is 1. The summed E-state index contributed by atoms with van der Waals surface area (Å²) in [5, 5.41) is 7.46. The standard InChI is InChI=1S/C12H14FN3O/c1-3-4-12(17)14-11-5-8-7-16(2)15-10(8)6-9(11)13/h5-7H,3-4H2,1-2H3,(H,14,17). The third kappa shape index (κ3) is 2.43. The average Bonchev–Trinajstić information content (AvgIpc) is 2.58. The number of carbonyl (C=O) groups is 1. The van der Waals surface area contributed by atoms with Crippen molar-refractivity contribution in [3.05, 3.63) is 24.1 Å². The summed E-state index contributed by atoms with van der Waals surface area (Å²) in [6.45, 7) is 1.90. The molecule has 0 bridgehead atoms. The van der Waals surface area contributed by atoms with E-state index in [1.165, 1.54) is 6.07 Å². The van der Waals surface area contributed by atoms with E-state index in [0.29, 0.717) is 11.9 Å². The number of aromatic nitrogens is 2. The number of rotatable bonds is 3. The molecule has 1 N–H and O–H groups in total. The van der Waals surface area contributed by atoms with Gasteiger partial charge in [-0.05, 0) is 12.5 Å². The first-order valence-corrected chi connectivity index (χ1v) is 5.53.